The van der Waals surface area contributed by atoms with Crippen LogP contribution in [0.4, 0.5) is 0 Å². The van der Waals surface area contributed by atoms with Gasteiger partial charge in [0.2, 0.25) is 11.8 Å². The van der Waals surface area contributed by atoms with E-state index in [1.165, 1.54) is 4.90 Å². The predicted molar refractivity (Wildman–Crippen MR) is 73.4 cm³/mol. The first-order valence-electron chi connectivity index (χ1n) is 7.61. The van der Waals surface area contributed by atoms with Crippen molar-refractivity contribution in [3.8, 4) is 0 Å². The molecule has 0 spiro atoms. The largest absolute Gasteiger partial charge is 0.481 e. The van der Waals surface area contributed by atoms with Crippen LogP contribution >= 0.6 is 0 Å². The van der Waals surface area contributed by atoms with E-state index in [4.69, 9.17) is 5.11 Å². The number of hydrogen-bond acceptors (Lipinski definition) is 4. The Balaban J connectivity index is 1.75. The van der Waals surface area contributed by atoms with Crippen LogP contribution in [0.5, 0.6) is 0 Å². The molecule has 0 radical (unpaired) electrons. The van der Waals surface area contributed by atoms with E-state index in [0.717, 1.165) is 25.8 Å². The van der Waals surface area contributed by atoms with Gasteiger partial charge in [-0.15, -0.1) is 0 Å². The van der Waals surface area contributed by atoms with Crippen molar-refractivity contribution < 1.29 is 19.5 Å². The first-order chi connectivity index (χ1) is 10.1. The average molecular weight is 295 g/mol. The summed E-state index contributed by atoms with van der Waals surface area (Å²) < 4.78 is 0. The number of rotatable bonds is 3. The first kappa shape index (κ1) is 14.3. The minimum absolute atomic E-state index is 0.106. The highest BCUT2D eigenvalue weighted by Gasteiger charge is 2.46. The molecule has 1 saturated carbocycles. The quantitative estimate of drug-likeness (QED) is 0.631. The van der Waals surface area contributed by atoms with E-state index >= 15 is 0 Å². The highest BCUT2D eigenvalue weighted by atomic mass is 16.4. The highest BCUT2D eigenvalue weighted by Crippen LogP contribution is 2.38. The minimum atomic E-state index is -1.06. The second-order valence-electron chi connectivity index (χ2n) is 6.18. The van der Waals surface area contributed by atoms with Crippen LogP contribution in [0.3, 0.4) is 0 Å². The number of aliphatic carboxylic acids is 1. The van der Waals surface area contributed by atoms with Crippen molar-refractivity contribution in [2.24, 2.45) is 11.8 Å². The van der Waals surface area contributed by atoms with Gasteiger partial charge in [0.05, 0.1) is 12.5 Å². The van der Waals surface area contributed by atoms with Crippen LogP contribution in [0.2, 0.25) is 0 Å². The number of carboxylic acid groups (broad SMARTS) is 1. The van der Waals surface area contributed by atoms with Crippen molar-refractivity contribution in [2.75, 3.05) is 19.6 Å². The molecule has 2 aliphatic heterocycles. The van der Waals surface area contributed by atoms with Crippen molar-refractivity contribution >= 4 is 17.8 Å². The second-order valence-corrected chi connectivity index (χ2v) is 6.18. The number of piperazine rings is 1. The van der Waals surface area contributed by atoms with E-state index in [1.807, 2.05) is 0 Å². The molecule has 3 N–H and O–H groups in total. The number of hydrogen-bond donors (Lipinski definition) is 3. The van der Waals surface area contributed by atoms with Gasteiger partial charge in [-0.1, -0.05) is 6.42 Å². The van der Waals surface area contributed by atoms with Crippen molar-refractivity contribution in [1.82, 2.24) is 15.5 Å². The Morgan fingerprint density at radius 1 is 1.33 bits per heavy atom. The van der Waals surface area contributed by atoms with Gasteiger partial charge in [0.1, 0.15) is 6.04 Å². The fourth-order valence-corrected chi connectivity index (χ4v) is 3.98. The minimum Gasteiger partial charge on any atom is -0.481 e. The lowest BCUT2D eigenvalue weighted by Gasteiger charge is -2.36. The van der Waals surface area contributed by atoms with Gasteiger partial charge in [0, 0.05) is 13.1 Å². The Labute approximate surface area is 123 Å². The molecular weight excluding hydrogens is 274 g/mol. The molecule has 0 aromatic heterocycles. The highest BCUT2D eigenvalue weighted by molar-refractivity contribution is 5.93. The number of carbonyl (C=O) groups is 3. The summed E-state index contributed by atoms with van der Waals surface area (Å²) >= 11 is 0. The molecule has 4 atom stereocenters. The molecule has 2 amide bonds. The molecule has 1 aliphatic carbocycles. The van der Waals surface area contributed by atoms with E-state index in [1.54, 1.807) is 0 Å². The smallest absolute Gasteiger partial charge is 0.305 e. The third-order valence-corrected chi connectivity index (χ3v) is 4.99. The van der Waals surface area contributed by atoms with Gasteiger partial charge in [0.15, 0.2) is 0 Å². The molecular formula is C14H21N3O4. The van der Waals surface area contributed by atoms with Crippen LogP contribution in [-0.2, 0) is 14.4 Å². The molecule has 7 heteroatoms. The Morgan fingerprint density at radius 2 is 2.14 bits per heavy atom. The number of nitrogens with one attached hydrogen (secondary N) is 2. The maximum Gasteiger partial charge on any atom is 0.305 e. The van der Waals surface area contributed by atoms with Gasteiger partial charge in [-0.3, -0.25) is 14.4 Å². The Bertz CT molecular complexity index is 467. The van der Waals surface area contributed by atoms with Gasteiger partial charge in [-0.25, -0.2) is 0 Å². The van der Waals surface area contributed by atoms with Crippen LogP contribution in [0.25, 0.3) is 0 Å². The molecule has 3 aliphatic rings. The summed E-state index contributed by atoms with van der Waals surface area (Å²) in [4.78, 5) is 37.1. The van der Waals surface area contributed by atoms with Gasteiger partial charge < -0.3 is 20.6 Å². The molecule has 0 aromatic carbocycles. The molecule has 2 heterocycles. The number of carbonyl (C=O) groups excluding carboxylic acids is 2. The van der Waals surface area contributed by atoms with Gasteiger partial charge in [0.25, 0.3) is 0 Å². The monoisotopic (exact) mass is 295 g/mol. The van der Waals surface area contributed by atoms with E-state index in [2.05, 4.69) is 10.6 Å². The molecule has 7 nitrogen and oxygen atoms in total. The van der Waals surface area contributed by atoms with Crippen molar-refractivity contribution in [3.63, 3.8) is 0 Å². The number of amides is 2. The van der Waals surface area contributed by atoms with Crippen LogP contribution in [0.15, 0.2) is 0 Å². The van der Waals surface area contributed by atoms with Crippen LogP contribution in [-0.4, -0.2) is 59.5 Å². The average Bonchev–Trinajstić information content (AvgIpc) is 3.02. The Kier molecular flexibility index (Phi) is 3.84. The topological polar surface area (TPSA) is 98.7 Å². The fraction of sp³-hybridized carbons (Fsp3) is 0.786. The second kappa shape index (κ2) is 5.63. The van der Waals surface area contributed by atoms with Gasteiger partial charge in [-0.05, 0) is 31.2 Å². The molecule has 3 rings (SSSR count). The van der Waals surface area contributed by atoms with Crippen LogP contribution < -0.4 is 10.6 Å². The van der Waals surface area contributed by atoms with Gasteiger partial charge >= 0.3 is 5.97 Å². The summed E-state index contributed by atoms with van der Waals surface area (Å²) in [6, 6.07) is -1.13. The van der Waals surface area contributed by atoms with Crippen molar-refractivity contribution in [1.29, 1.82) is 0 Å². The van der Waals surface area contributed by atoms with E-state index in [0.29, 0.717) is 24.9 Å². The maximum atomic E-state index is 12.8. The molecule has 0 bridgehead atoms. The van der Waals surface area contributed by atoms with E-state index in [-0.39, 0.29) is 24.3 Å². The third kappa shape index (κ3) is 2.62. The Morgan fingerprint density at radius 3 is 2.90 bits per heavy atom. The number of carboxylic acids is 1. The Hall–Kier alpha value is -1.63. The predicted octanol–water partition coefficient (Wildman–Crippen LogP) is -0.824. The SMILES string of the molecule is O=C(O)CC1C(=O)NCCN1C(=O)C1NCC2CCCC21. The standard InChI is InChI=1S/C14H21N3O4/c18-11(19)6-10-13(20)15-4-5-17(10)14(21)12-9-3-1-2-8(9)7-16-12/h8-10,12,16H,1-7H2,(H,15,20)(H,18,19). The summed E-state index contributed by atoms with van der Waals surface area (Å²) in [5.41, 5.74) is 0. The number of nitrogens with zero attached hydrogens (tertiary/aromatic N) is 1. The molecule has 0 aromatic rings. The van der Waals surface area contributed by atoms with E-state index < -0.39 is 12.0 Å². The lowest BCUT2D eigenvalue weighted by molar-refractivity contribution is -0.150. The lowest BCUT2D eigenvalue weighted by atomic mass is 9.92. The summed E-state index contributed by atoms with van der Waals surface area (Å²) in [6.45, 7) is 1.63. The molecule has 21 heavy (non-hydrogen) atoms. The number of fused-ring (bicyclic) bond motifs is 1. The fourth-order valence-electron chi connectivity index (χ4n) is 3.98. The summed E-state index contributed by atoms with van der Waals surface area (Å²) in [7, 11) is 0. The summed E-state index contributed by atoms with van der Waals surface area (Å²) in [6.07, 6.45) is 3.01. The van der Waals surface area contributed by atoms with Crippen molar-refractivity contribution in [3.05, 3.63) is 0 Å². The lowest BCUT2D eigenvalue weighted by Crippen LogP contribution is -2.61. The zero-order valence-electron chi connectivity index (χ0n) is 11.9. The molecule has 116 valence electrons. The molecule has 2 saturated heterocycles. The summed E-state index contributed by atoms with van der Waals surface area (Å²) in [5, 5.41) is 14.9. The molecule has 4 unspecified atom stereocenters. The van der Waals surface area contributed by atoms with Crippen LogP contribution in [0, 0.1) is 11.8 Å². The maximum absolute atomic E-state index is 12.8. The van der Waals surface area contributed by atoms with Crippen molar-refractivity contribution in [2.45, 2.75) is 37.8 Å². The van der Waals surface area contributed by atoms with E-state index in [9.17, 15) is 14.4 Å². The van der Waals surface area contributed by atoms with Crippen LogP contribution in [0.1, 0.15) is 25.7 Å². The zero-order valence-corrected chi connectivity index (χ0v) is 11.9. The summed E-state index contributed by atoms with van der Waals surface area (Å²) in [5.74, 6) is -0.639. The third-order valence-electron chi connectivity index (χ3n) is 4.99. The zero-order chi connectivity index (χ0) is 15.0. The molecule has 3 fully saturated rings. The van der Waals surface area contributed by atoms with Gasteiger partial charge in [-0.2, -0.15) is 0 Å². The first-order valence-corrected chi connectivity index (χ1v) is 7.61. The normalized spacial score (nSPS) is 35.4.